The Morgan fingerprint density at radius 2 is 1.48 bits per heavy atom. The Labute approximate surface area is 123 Å². The molecule has 2 rings (SSSR count). The van der Waals surface area contributed by atoms with Crippen molar-refractivity contribution in [3.8, 4) is 0 Å². The normalized spacial score (nSPS) is 10.9. The van der Waals surface area contributed by atoms with Crippen molar-refractivity contribution in [1.82, 2.24) is 0 Å². The summed E-state index contributed by atoms with van der Waals surface area (Å²) in [6.07, 6.45) is 1.07. The van der Waals surface area contributed by atoms with Crippen LogP contribution in [0.5, 0.6) is 0 Å². The summed E-state index contributed by atoms with van der Waals surface area (Å²) < 4.78 is 24.5. The molecule has 0 heterocycles. The third-order valence-electron chi connectivity index (χ3n) is 2.62. The van der Waals surface area contributed by atoms with Crippen LogP contribution in [-0.4, -0.2) is 20.6 Å². The van der Waals surface area contributed by atoms with E-state index in [-0.39, 0.29) is 5.91 Å². The number of rotatable bonds is 4. The molecule has 0 spiro atoms. The first-order chi connectivity index (χ1) is 9.83. The van der Waals surface area contributed by atoms with Gasteiger partial charge in [0.25, 0.3) is 5.91 Å². The molecule has 0 saturated heterocycles. The lowest BCUT2D eigenvalue weighted by Crippen LogP contribution is -2.12. The molecule has 2 aromatic carbocycles. The number of hydrogen-bond donors (Lipinski definition) is 3. The van der Waals surface area contributed by atoms with Gasteiger partial charge in [0.2, 0.25) is 10.0 Å². The van der Waals surface area contributed by atoms with E-state index in [1.54, 1.807) is 48.5 Å². The number of sulfonamides is 1. The zero-order chi connectivity index (χ0) is 15.5. The second-order valence-corrected chi connectivity index (χ2v) is 6.28. The van der Waals surface area contributed by atoms with E-state index < -0.39 is 10.0 Å². The minimum absolute atomic E-state index is 0.265. The number of nitrogens with one attached hydrogen (secondary N) is 2. The van der Waals surface area contributed by atoms with Gasteiger partial charge in [-0.3, -0.25) is 9.52 Å². The van der Waals surface area contributed by atoms with Crippen LogP contribution in [0.1, 0.15) is 10.4 Å². The molecule has 0 aliphatic rings. The zero-order valence-corrected chi connectivity index (χ0v) is 12.1. The van der Waals surface area contributed by atoms with E-state index in [2.05, 4.69) is 10.0 Å². The fourth-order valence-corrected chi connectivity index (χ4v) is 2.24. The van der Waals surface area contributed by atoms with Gasteiger partial charge in [-0.2, -0.15) is 0 Å². The van der Waals surface area contributed by atoms with Gasteiger partial charge in [-0.25, -0.2) is 8.42 Å². The van der Waals surface area contributed by atoms with Crippen LogP contribution >= 0.6 is 0 Å². The standard InChI is InChI=1S/C14H15N3O3S/c1-21(19,20)17-13-8-6-12(7-9-13)16-14(18)10-2-4-11(15)5-3-10/h2-9,17H,15H2,1H3,(H,16,18). The highest BCUT2D eigenvalue weighted by Crippen LogP contribution is 2.15. The third kappa shape index (κ3) is 4.50. The molecule has 6 nitrogen and oxygen atoms in total. The summed E-state index contributed by atoms with van der Waals surface area (Å²) in [4.78, 5) is 12.0. The minimum atomic E-state index is -3.31. The van der Waals surface area contributed by atoms with Crippen LogP contribution in [0.25, 0.3) is 0 Å². The average Bonchev–Trinajstić information content (AvgIpc) is 2.40. The number of nitrogens with two attached hydrogens (primary N) is 1. The Morgan fingerprint density at radius 3 is 2.00 bits per heavy atom. The number of carbonyl (C=O) groups is 1. The zero-order valence-electron chi connectivity index (χ0n) is 11.3. The summed E-state index contributed by atoms with van der Waals surface area (Å²) in [6, 6.07) is 12.9. The maximum atomic E-state index is 12.0. The maximum Gasteiger partial charge on any atom is 0.255 e. The topological polar surface area (TPSA) is 101 Å². The molecule has 2 aromatic rings. The fourth-order valence-electron chi connectivity index (χ4n) is 1.67. The Morgan fingerprint density at radius 1 is 0.952 bits per heavy atom. The van der Waals surface area contributed by atoms with Crippen molar-refractivity contribution >= 4 is 33.0 Å². The van der Waals surface area contributed by atoms with Gasteiger partial charge in [-0.15, -0.1) is 0 Å². The minimum Gasteiger partial charge on any atom is -0.399 e. The highest BCUT2D eigenvalue weighted by Gasteiger charge is 2.06. The highest BCUT2D eigenvalue weighted by atomic mass is 32.2. The van der Waals surface area contributed by atoms with Gasteiger partial charge in [0.15, 0.2) is 0 Å². The SMILES string of the molecule is CS(=O)(=O)Nc1ccc(NC(=O)c2ccc(N)cc2)cc1. The van der Waals surface area contributed by atoms with Crippen molar-refractivity contribution < 1.29 is 13.2 Å². The third-order valence-corrected chi connectivity index (χ3v) is 3.23. The summed E-state index contributed by atoms with van der Waals surface area (Å²) in [6.45, 7) is 0. The van der Waals surface area contributed by atoms with Gasteiger partial charge in [-0.05, 0) is 48.5 Å². The smallest absolute Gasteiger partial charge is 0.255 e. The van der Waals surface area contributed by atoms with Gasteiger partial charge in [0, 0.05) is 22.6 Å². The molecule has 0 aromatic heterocycles. The van der Waals surface area contributed by atoms with E-state index >= 15 is 0 Å². The van der Waals surface area contributed by atoms with E-state index in [1.165, 1.54) is 0 Å². The predicted octanol–water partition coefficient (Wildman–Crippen LogP) is 1.89. The van der Waals surface area contributed by atoms with Crippen LogP contribution in [0.4, 0.5) is 17.1 Å². The molecule has 1 amide bonds. The molecule has 0 saturated carbocycles. The van der Waals surface area contributed by atoms with E-state index in [9.17, 15) is 13.2 Å². The molecule has 0 unspecified atom stereocenters. The summed E-state index contributed by atoms with van der Waals surface area (Å²) in [5, 5.41) is 2.71. The van der Waals surface area contributed by atoms with E-state index in [4.69, 9.17) is 5.73 Å². The van der Waals surface area contributed by atoms with E-state index in [0.29, 0.717) is 22.6 Å². The molecule has 0 aliphatic carbocycles. The van der Waals surface area contributed by atoms with Crippen molar-refractivity contribution in [3.05, 3.63) is 54.1 Å². The first kappa shape index (κ1) is 14.9. The van der Waals surface area contributed by atoms with Crippen molar-refractivity contribution in [2.75, 3.05) is 22.0 Å². The molecule has 0 radical (unpaired) electrons. The maximum absolute atomic E-state index is 12.0. The van der Waals surface area contributed by atoms with Crippen LogP contribution in [0.3, 0.4) is 0 Å². The second kappa shape index (κ2) is 5.84. The molecule has 7 heteroatoms. The lowest BCUT2D eigenvalue weighted by molar-refractivity contribution is 0.102. The first-order valence-electron chi connectivity index (χ1n) is 6.08. The van der Waals surface area contributed by atoms with Crippen LogP contribution in [0, 0.1) is 0 Å². The Bertz CT molecular complexity index is 738. The largest absolute Gasteiger partial charge is 0.399 e. The van der Waals surface area contributed by atoms with Crippen molar-refractivity contribution in [2.24, 2.45) is 0 Å². The number of benzene rings is 2. The summed E-state index contributed by atoms with van der Waals surface area (Å²) >= 11 is 0. The fraction of sp³-hybridized carbons (Fsp3) is 0.0714. The van der Waals surface area contributed by atoms with Gasteiger partial charge in [0.05, 0.1) is 6.26 Å². The summed E-state index contributed by atoms with van der Waals surface area (Å²) in [5.74, 6) is -0.265. The van der Waals surface area contributed by atoms with Crippen LogP contribution in [0.2, 0.25) is 0 Å². The quantitative estimate of drug-likeness (QED) is 0.751. The number of carbonyl (C=O) groups excluding carboxylic acids is 1. The lowest BCUT2D eigenvalue weighted by Gasteiger charge is -2.07. The molecule has 4 N–H and O–H groups in total. The van der Waals surface area contributed by atoms with Gasteiger partial charge in [-0.1, -0.05) is 0 Å². The monoisotopic (exact) mass is 305 g/mol. The molecule has 0 bridgehead atoms. The Kier molecular flexibility index (Phi) is 4.13. The van der Waals surface area contributed by atoms with Crippen molar-refractivity contribution in [1.29, 1.82) is 0 Å². The van der Waals surface area contributed by atoms with Gasteiger partial charge >= 0.3 is 0 Å². The Balaban J connectivity index is 2.06. The number of nitrogen functional groups attached to an aromatic ring is 1. The van der Waals surface area contributed by atoms with Crippen LogP contribution in [-0.2, 0) is 10.0 Å². The lowest BCUT2D eigenvalue weighted by atomic mass is 10.2. The summed E-state index contributed by atoms with van der Waals surface area (Å²) in [7, 11) is -3.31. The average molecular weight is 305 g/mol. The molecule has 0 aliphatic heterocycles. The number of hydrogen-bond acceptors (Lipinski definition) is 4. The molecule has 0 fully saturated rings. The highest BCUT2D eigenvalue weighted by molar-refractivity contribution is 7.92. The van der Waals surface area contributed by atoms with E-state index in [1.807, 2.05) is 0 Å². The molecule has 0 atom stereocenters. The number of anilines is 3. The van der Waals surface area contributed by atoms with Gasteiger partial charge in [0.1, 0.15) is 0 Å². The molecular formula is C14H15N3O3S. The van der Waals surface area contributed by atoms with Crippen LogP contribution in [0.15, 0.2) is 48.5 Å². The molecule has 110 valence electrons. The van der Waals surface area contributed by atoms with Crippen LogP contribution < -0.4 is 15.8 Å². The van der Waals surface area contributed by atoms with Crippen molar-refractivity contribution in [3.63, 3.8) is 0 Å². The first-order valence-corrected chi connectivity index (χ1v) is 7.97. The van der Waals surface area contributed by atoms with Gasteiger partial charge < -0.3 is 11.1 Å². The molecule has 21 heavy (non-hydrogen) atoms. The molecular weight excluding hydrogens is 290 g/mol. The van der Waals surface area contributed by atoms with E-state index in [0.717, 1.165) is 6.26 Å². The predicted molar refractivity (Wildman–Crippen MR) is 83.7 cm³/mol. The van der Waals surface area contributed by atoms with Crippen molar-refractivity contribution in [2.45, 2.75) is 0 Å². The Hall–Kier alpha value is -2.54. The number of amides is 1. The second-order valence-electron chi connectivity index (χ2n) is 4.53. The summed E-state index contributed by atoms with van der Waals surface area (Å²) in [5.41, 5.74) is 7.63.